The zero-order valence-corrected chi connectivity index (χ0v) is 15.8. The van der Waals surface area contributed by atoms with Gasteiger partial charge in [0.15, 0.2) is 5.96 Å². The van der Waals surface area contributed by atoms with Gasteiger partial charge in [0, 0.05) is 44.8 Å². The molecule has 0 bridgehead atoms. The first-order valence-corrected chi connectivity index (χ1v) is 10.2. The molecule has 24 heavy (non-hydrogen) atoms. The number of hydrogen-bond donors (Lipinski definition) is 2. The van der Waals surface area contributed by atoms with E-state index in [1.165, 1.54) is 71.1 Å². The Labute approximate surface area is 148 Å². The topological polar surface area (TPSA) is 42.9 Å². The lowest BCUT2D eigenvalue weighted by atomic mass is 9.99. The zero-order valence-electron chi connectivity index (χ0n) is 15.8. The molecule has 3 fully saturated rings. The van der Waals surface area contributed by atoms with Crippen molar-refractivity contribution in [2.45, 2.75) is 64.0 Å². The van der Waals surface area contributed by atoms with Crippen molar-refractivity contribution in [3.05, 3.63) is 0 Å². The van der Waals surface area contributed by atoms with Crippen LogP contribution in [0.1, 0.15) is 51.9 Å². The molecule has 1 saturated carbocycles. The Morgan fingerprint density at radius 3 is 2.62 bits per heavy atom. The number of likely N-dealkylation sites (tertiary alicyclic amines) is 2. The van der Waals surface area contributed by atoms with Crippen molar-refractivity contribution in [3.63, 3.8) is 0 Å². The second-order valence-electron chi connectivity index (χ2n) is 8.05. The smallest absolute Gasteiger partial charge is 0.191 e. The standard InChI is InChI=1S/C19H37N5/c1-3-20-19(21-13-16-7-6-11-23(2)14-16)22-17-10-12-24(15-17)18-8-4-5-9-18/h16-18H,3-15H2,1-2H3,(H2,20,21,22). The molecule has 1 aliphatic carbocycles. The van der Waals surface area contributed by atoms with Crippen LogP contribution in [0.5, 0.6) is 0 Å². The highest BCUT2D eigenvalue weighted by atomic mass is 15.3. The first-order chi connectivity index (χ1) is 11.7. The van der Waals surface area contributed by atoms with E-state index in [0.717, 1.165) is 31.0 Å². The summed E-state index contributed by atoms with van der Waals surface area (Å²) in [5, 5.41) is 7.16. The molecular weight excluding hydrogens is 298 g/mol. The van der Waals surface area contributed by atoms with Crippen molar-refractivity contribution in [3.8, 4) is 0 Å². The molecule has 2 N–H and O–H groups in total. The van der Waals surface area contributed by atoms with Crippen molar-refractivity contribution in [2.24, 2.45) is 10.9 Å². The van der Waals surface area contributed by atoms with Gasteiger partial charge in [0.05, 0.1) is 0 Å². The van der Waals surface area contributed by atoms with E-state index in [1.54, 1.807) is 0 Å². The van der Waals surface area contributed by atoms with Crippen LogP contribution in [0.15, 0.2) is 4.99 Å². The summed E-state index contributed by atoms with van der Waals surface area (Å²) in [6, 6.07) is 1.42. The number of aliphatic imine (C=N–C) groups is 1. The number of nitrogens with one attached hydrogen (secondary N) is 2. The van der Waals surface area contributed by atoms with E-state index in [4.69, 9.17) is 4.99 Å². The summed E-state index contributed by atoms with van der Waals surface area (Å²) in [5.41, 5.74) is 0. The van der Waals surface area contributed by atoms with Crippen LogP contribution in [0.4, 0.5) is 0 Å². The first-order valence-electron chi connectivity index (χ1n) is 10.2. The van der Waals surface area contributed by atoms with Crippen molar-refractivity contribution in [2.75, 3.05) is 46.3 Å². The summed E-state index contributed by atoms with van der Waals surface area (Å²) in [6.07, 6.45) is 9.59. The molecule has 3 rings (SSSR count). The first kappa shape index (κ1) is 18.0. The van der Waals surface area contributed by atoms with Gasteiger partial charge < -0.3 is 15.5 Å². The molecule has 2 unspecified atom stereocenters. The number of guanidine groups is 1. The van der Waals surface area contributed by atoms with Gasteiger partial charge in [-0.25, -0.2) is 0 Å². The molecule has 138 valence electrons. The molecule has 0 amide bonds. The van der Waals surface area contributed by atoms with Crippen LogP contribution in [-0.4, -0.2) is 74.2 Å². The highest BCUT2D eigenvalue weighted by Gasteiger charge is 2.30. The Balaban J connectivity index is 1.47. The third-order valence-electron chi connectivity index (χ3n) is 5.98. The maximum atomic E-state index is 4.91. The Morgan fingerprint density at radius 2 is 1.88 bits per heavy atom. The largest absolute Gasteiger partial charge is 0.357 e. The molecule has 0 radical (unpaired) electrons. The van der Waals surface area contributed by atoms with Gasteiger partial charge in [0.2, 0.25) is 0 Å². The lowest BCUT2D eigenvalue weighted by molar-refractivity contribution is 0.214. The van der Waals surface area contributed by atoms with E-state index >= 15 is 0 Å². The fraction of sp³-hybridized carbons (Fsp3) is 0.947. The Bertz CT molecular complexity index is 405. The highest BCUT2D eigenvalue weighted by Crippen LogP contribution is 2.26. The maximum absolute atomic E-state index is 4.91. The van der Waals surface area contributed by atoms with E-state index < -0.39 is 0 Å². The van der Waals surface area contributed by atoms with Crippen LogP contribution >= 0.6 is 0 Å². The predicted molar refractivity (Wildman–Crippen MR) is 102 cm³/mol. The second-order valence-corrected chi connectivity index (χ2v) is 8.05. The quantitative estimate of drug-likeness (QED) is 0.595. The zero-order chi connectivity index (χ0) is 16.8. The van der Waals surface area contributed by atoms with Crippen LogP contribution < -0.4 is 10.6 Å². The minimum absolute atomic E-state index is 0.567. The summed E-state index contributed by atoms with van der Waals surface area (Å²) in [7, 11) is 2.23. The van der Waals surface area contributed by atoms with Crippen LogP contribution in [0.2, 0.25) is 0 Å². The number of piperidine rings is 1. The Kier molecular flexibility index (Phi) is 6.78. The molecule has 2 saturated heterocycles. The van der Waals surface area contributed by atoms with Crippen LogP contribution in [0, 0.1) is 5.92 Å². The second kappa shape index (κ2) is 9.04. The average molecular weight is 336 g/mol. The van der Waals surface area contributed by atoms with Crippen molar-refractivity contribution in [1.82, 2.24) is 20.4 Å². The minimum atomic E-state index is 0.567. The Morgan fingerprint density at radius 1 is 1.04 bits per heavy atom. The lowest BCUT2D eigenvalue weighted by Gasteiger charge is -2.29. The fourth-order valence-corrected chi connectivity index (χ4v) is 4.66. The van der Waals surface area contributed by atoms with Crippen LogP contribution in [-0.2, 0) is 0 Å². The molecule has 0 aromatic carbocycles. The van der Waals surface area contributed by atoms with Gasteiger partial charge in [0.1, 0.15) is 0 Å². The SMILES string of the molecule is CCNC(=NCC1CCCN(C)C1)NC1CCN(C2CCCC2)C1. The van der Waals surface area contributed by atoms with Crippen molar-refractivity contribution >= 4 is 5.96 Å². The molecule has 0 spiro atoms. The van der Waals surface area contributed by atoms with Gasteiger partial charge in [-0.1, -0.05) is 12.8 Å². The summed E-state index contributed by atoms with van der Waals surface area (Å²) in [5.74, 6) is 1.75. The van der Waals surface area contributed by atoms with E-state index in [1.807, 2.05) is 0 Å². The van der Waals surface area contributed by atoms with E-state index in [2.05, 4.69) is 34.4 Å². The molecule has 2 atom stereocenters. The Hall–Kier alpha value is -0.810. The average Bonchev–Trinajstić information content (AvgIpc) is 3.24. The van der Waals surface area contributed by atoms with Crippen molar-refractivity contribution in [1.29, 1.82) is 0 Å². The van der Waals surface area contributed by atoms with Gasteiger partial charge in [-0.2, -0.15) is 0 Å². The molecule has 0 aromatic heterocycles. The van der Waals surface area contributed by atoms with E-state index in [9.17, 15) is 0 Å². The monoisotopic (exact) mass is 335 g/mol. The third kappa shape index (κ3) is 5.09. The highest BCUT2D eigenvalue weighted by molar-refractivity contribution is 5.80. The minimum Gasteiger partial charge on any atom is -0.357 e. The summed E-state index contributed by atoms with van der Waals surface area (Å²) in [4.78, 5) is 10.1. The molecule has 3 aliphatic rings. The van der Waals surface area contributed by atoms with Crippen LogP contribution in [0.3, 0.4) is 0 Å². The van der Waals surface area contributed by atoms with Crippen molar-refractivity contribution < 1.29 is 0 Å². The third-order valence-corrected chi connectivity index (χ3v) is 5.98. The maximum Gasteiger partial charge on any atom is 0.191 e. The molecular formula is C19H37N5. The molecule has 5 nitrogen and oxygen atoms in total. The van der Waals surface area contributed by atoms with E-state index in [0.29, 0.717) is 6.04 Å². The van der Waals surface area contributed by atoms with Gasteiger partial charge in [-0.15, -0.1) is 0 Å². The summed E-state index contributed by atoms with van der Waals surface area (Å²) < 4.78 is 0. The van der Waals surface area contributed by atoms with Crippen LogP contribution in [0.25, 0.3) is 0 Å². The number of hydrogen-bond acceptors (Lipinski definition) is 3. The summed E-state index contributed by atoms with van der Waals surface area (Å²) >= 11 is 0. The molecule has 5 heteroatoms. The molecule has 2 aliphatic heterocycles. The van der Waals surface area contributed by atoms with E-state index in [-0.39, 0.29) is 0 Å². The van der Waals surface area contributed by atoms with Gasteiger partial charge in [0.25, 0.3) is 0 Å². The van der Waals surface area contributed by atoms with Gasteiger partial charge in [-0.3, -0.25) is 9.89 Å². The lowest BCUT2D eigenvalue weighted by Crippen LogP contribution is -2.45. The predicted octanol–water partition coefficient (Wildman–Crippen LogP) is 1.90. The summed E-state index contributed by atoms with van der Waals surface area (Å²) in [6.45, 7) is 8.95. The van der Waals surface area contributed by atoms with Gasteiger partial charge >= 0.3 is 0 Å². The molecule has 0 aromatic rings. The number of rotatable bonds is 5. The van der Waals surface area contributed by atoms with Gasteiger partial charge in [-0.05, 0) is 58.5 Å². The fourth-order valence-electron chi connectivity index (χ4n) is 4.66. The normalized spacial score (nSPS) is 30.8. The molecule has 2 heterocycles. The number of nitrogens with zero attached hydrogens (tertiary/aromatic N) is 3.